The number of nitrogens with zero attached hydrogens (tertiary/aromatic N) is 1. The van der Waals surface area contributed by atoms with E-state index in [0.29, 0.717) is 10.1 Å². The van der Waals surface area contributed by atoms with Crippen LogP contribution in [0.5, 0.6) is 0 Å². The number of hydrogen-bond acceptors (Lipinski definition) is 3. The maximum Gasteiger partial charge on any atom is 0.252 e. The molecule has 17 heavy (non-hydrogen) atoms. The van der Waals surface area contributed by atoms with Crippen LogP contribution in [0.4, 0.5) is 0 Å². The molecule has 1 aromatic heterocycles. The summed E-state index contributed by atoms with van der Waals surface area (Å²) >= 11 is 6.91. The van der Waals surface area contributed by atoms with E-state index in [9.17, 15) is 8.42 Å². The predicted octanol–water partition coefficient (Wildman–Crippen LogP) is 3.15. The summed E-state index contributed by atoms with van der Waals surface area (Å²) in [5.41, 5.74) is 0.848. The lowest BCUT2D eigenvalue weighted by Crippen LogP contribution is -2.37. The standard InChI is InChI=1S/C11H18ClNO2S2/c1-8(2)9(3)13(4)17(14,15)11-5-10(6-12)7-16-11/h5,7-9H,6H2,1-4H3. The highest BCUT2D eigenvalue weighted by atomic mass is 35.5. The first-order valence-corrected chi connectivity index (χ1v) is 8.27. The van der Waals surface area contributed by atoms with E-state index in [2.05, 4.69) is 0 Å². The number of rotatable bonds is 5. The summed E-state index contributed by atoms with van der Waals surface area (Å²) in [6, 6.07) is 1.62. The number of hydrogen-bond donors (Lipinski definition) is 0. The summed E-state index contributed by atoms with van der Waals surface area (Å²) in [5, 5.41) is 1.79. The molecule has 1 rings (SSSR count). The van der Waals surface area contributed by atoms with Crippen LogP contribution < -0.4 is 0 Å². The second-order valence-electron chi connectivity index (χ2n) is 4.41. The van der Waals surface area contributed by atoms with E-state index in [1.165, 1.54) is 15.6 Å². The molecule has 3 nitrogen and oxygen atoms in total. The molecular weight excluding hydrogens is 278 g/mol. The van der Waals surface area contributed by atoms with Gasteiger partial charge in [0.25, 0.3) is 10.0 Å². The number of thiophene rings is 1. The Balaban J connectivity index is 3.02. The molecule has 0 saturated heterocycles. The molecule has 0 aliphatic rings. The van der Waals surface area contributed by atoms with Crippen LogP contribution in [0, 0.1) is 5.92 Å². The van der Waals surface area contributed by atoms with Crippen LogP contribution >= 0.6 is 22.9 Å². The van der Waals surface area contributed by atoms with Crippen molar-refractivity contribution in [2.24, 2.45) is 5.92 Å². The zero-order valence-corrected chi connectivity index (χ0v) is 12.9. The first-order valence-electron chi connectivity index (χ1n) is 5.42. The van der Waals surface area contributed by atoms with E-state index in [1.807, 2.05) is 20.8 Å². The molecule has 0 aliphatic carbocycles. The van der Waals surface area contributed by atoms with Crippen molar-refractivity contribution in [3.8, 4) is 0 Å². The summed E-state index contributed by atoms with van der Waals surface area (Å²) in [5.74, 6) is 0.623. The lowest BCUT2D eigenvalue weighted by Gasteiger charge is -2.26. The highest BCUT2D eigenvalue weighted by Crippen LogP contribution is 2.26. The summed E-state index contributed by atoms with van der Waals surface area (Å²) < 4.78 is 26.4. The Bertz CT molecular complexity index is 468. The van der Waals surface area contributed by atoms with Gasteiger partial charge in [0.05, 0.1) is 0 Å². The normalized spacial score (nSPS) is 14.5. The molecule has 0 amide bonds. The van der Waals surface area contributed by atoms with E-state index in [0.717, 1.165) is 5.56 Å². The van der Waals surface area contributed by atoms with E-state index in [1.54, 1.807) is 18.5 Å². The fourth-order valence-electron chi connectivity index (χ4n) is 1.34. The van der Waals surface area contributed by atoms with Crippen LogP contribution in [0.25, 0.3) is 0 Å². The molecule has 0 aromatic carbocycles. The van der Waals surface area contributed by atoms with Crippen LogP contribution in [0.15, 0.2) is 15.7 Å². The average Bonchev–Trinajstić information content (AvgIpc) is 2.75. The summed E-state index contributed by atoms with van der Waals surface area (Å²) in [4.78, 5) is 0. The third-order valence-corrected chi connectivity index (χ3v) is 6.67. The van der Waals surface area contributed by atoms with E-state index in [4.69, 9.17) is 11.6 Å². The van der Waals surface area contributed by atoms with Crippen molar-refractivity contribution >= 4 is 33.0 Å². The highest BCUT2D eigenvalue weighted by Gasteiger charge is 2.28. The molecule has 98 valence electrons. The molecule has 0 radical (unpaired) electrons. The van der Waals surface area contributed by atoms with E-state index >= 15 is 0 Å². The van der Waals surface area contributed by atoms with Crippen molar-refractivity contribution in [1.82, 2.24) is 4.31 Å². The van der Waals surface area contributed by atoms with Gasteiger partial charge >= 0.3 is 0 Å². The Kier molecular flexibility index (Phi) is 5.01. The zero-order valence-electron chi connectivity index (χ0n) is 10.5. The van der Waals surface area contributed by atoms with Crippen molar-refractivity contribution in [2.45, 2.75) is 36.9 Å². The van der Waals surface area contributed by atoms with Crippen LogP contribution in [0.2, 0.25) is 0 Å². The van der Waals surface area contributed by atoms with Gasteiger partial charge in [-0.05, 0) is 29.9 Å². The Morgan fingerprint density at radius 3 is 2.41 bits per heavy atom. The fourth-order valence-corrected chi connectivity index (χ4v) is 4.47. The molecule has 0 fully saturated rings. The Morgan fingerprint density at radius 1 is 1.41 bits per heavy atom. The third kappa shape index (κ3) is 3.22. The molecule has 1 atom stereocenters. The van der Waals surface area contributed by atoms with Gasteiger partial charge in [-0.2, -0.15) is 4.31 Å². The van der Waals surface area contributed by atoms with Gasteiger partial charge in [-0.15, -0.1) is 22.9 Å². The maximum atomic E-state index is 12.3. The van der Waals surface area contributed by atoms with Gasteiger partial charge in [0.15, 0.2) is 0 Å². The summed E-state index contributed by atoms with van der Waals surface area (Å²) in [7, 11) is -1.75. The zero-order chi connectivity index (χ0) is 13.2. The molecule has 0 spiro atoms. The van der Waals surface area contributed by atoms with Crippen molar-refractivity contribution in [3.05, 3.63) is 17.0 Å². The van der Waals surface area contributed by atoms with E-state index < -0.39 is 10.0 Å². The average molecular weight is 296 g/mol. The number of halogens is 1. The molecule has 1 unspecified atom stereocenters. The first-order chi connectivity index (χ1) is 7.80. The van der Waals surface area contributed by atoms with Gasteiger partial charge < -0.3 is 0 Å². The van der Waals surface area contributed by atoms with Crippen molar-refractivity contribution in [2.75, 3.05) is 7.05 Å². The lowest BCUT2D eigenvalue weighted by atomic mass is 10.1. The SMILES string of the molecule is CC(C)C(C)N(C)S(=O)(=O)c1cc(CCl)cs1. The topological polar surface area (TPSA) is 37.4 Å². The van der Waals surface area contributed by atoms with Crippen LogP contribution in [-0.2, 0) is 15.9 Å². The second kappa shape index (κ2) is 5.69. The van der Waals surface area contributed by atoms with Crippen LogP contribution in [-0.4, -0.2) is 25.8 Å². The minimum absolute atomic E-state index is 0.0263. The predicted molar refractivity (Wildman–Crippen MR) is 73.1 cm³/mol. The summed E-state index contributed by atoms with van der Waals surface area (Å²) in [6.07, 6.45) is 0. The minimum atomic E-state index is -3.38. The molecule has 0 aliphatic heterocycles. The van der Waals surface area contributed by atoms with Crippen molar-refractivity contribution < 1.29 is 8.42 Å². The van der Waals surface area contributed by atoms with Crippen molar-refractivity contribution in [3.63, 3.8) is 0 Å². The van der Waals surface area contributed by atoms with Crippen molar-refractivity contribution in [1.29, 1.82) is 0 Å². The molecule has 0 saturated carbocycles. The van der Waals surface area contributed by atoms with Gasteiger partial charge in [0, 0.05) is 19.0 Å². The summed E-state index contributed by atoms with van der Waals surface area (Å²) in [6.45, 7) is 5.93. The van der Waals surface area contributed by atoms with Gasteiger partial charge in [0.1, 0.15) is 4.21 Å². The fraction of sp³-hybridized carbons (Fsp3) is 0.636. The Labute approximate surface area is 112 Å². The molecular formula is C11H18ClNO2S2. The van der Waals surface area contributed by atoms with E-state index in [-0.39, 0.29) is 12.0 Å². The third-order valence-electron chi connectivity index (χ3n) is 2.96. The van der Waals surface area contributed by atoms with Gasteiger partial charge in [-0.1, -0.05) is 13.8 Å². The molecule has 1 aromatic rings. The number of sulfonamides is 1. The quantitative estimate of drug-likeness (QED) is 0.783. The van der Waals surface area contributed by atoms with Gasteiger partial charge in [-0.25, -0.2) is 8.42 Å². The lowest BCUT2D eigenvalue weighted by molar-refractivity contribution is 0.316. The van der Waals surface area contributed by atoms with Gasteiger partial charge in [-0.3, -0.25) is 0 Å². The molecule has 0 N–H and O–H groups in total. The second-order valence-corrected chi connectivity index (χ2v) is 7.82. The molecule has 0 bridgehead atoms. The molecule has 1 heterocycles. The molecule has 6 heteroatoms. The Hall–Kier alpha value is -0.100. The first kappa shape index (κ1) is 15.0. The largest absolute Gasteiger partial charge is 0.252 e. The smallest absolute Gasteiger partial charge is 0.206 e. The van der Waals surface area contributed by atoms with Gasteiger partial charge in [0.2, 0.25) is 0 Å². The highest BCUT2D eigenvalue weighted by molar-refractivity contribution is 7.91. The van der Waals surface area contributed by atoms with Crippen LogP contribution in [0.3, 0.4) is 0 Å². The maximum absolute atomic E-state index is 12.3. The monoisotopic (exact) mass is 295 g/mol. The minimum Gasteiger partial charge on any atom is -0.206 e. The number of alkyl halides is 1. The van der Waals surface area contributed by atoms with Crippen LogP contribution in [0.1, 0.15) is 26.3 Å². The Morgan fingerprint density at radius 2 is 2.00 bits per heavy atom.